The maximum absolute atomic E-state index is 12.5. The highest BCUT2D eigenvalue weighted by atomic mass is 16.5. The van der Waals surface area contributed by atoms with Gasteiger partial charge in [0.15, 0.2) is 17.2 Å². The van der Waals surface area contributed by atoms with Crippen LogP contribution in [0.25, 0.3) is 22.6 Å². The second-order valence-corrected chi connectivity index (χ2v) is 6.70. The molecule has 29 heavy (non-hydrogen) atoms. The van der Waals surface area contributed by atoms with Crippen molar-refractivity contribution in [1.29, 1.82) is 5.26 Å². The van der Waals surface area contributed by atoms with Crippen LogP contribution in [0.2, 0.25) is 0 Å². The fourth-order valence-corrected chi connectivity index (χ4v) is 2.93. The molecule has 0 saturated heterocycles. The van der Waals surface area contributed by atoms with Crippen LogP contribution in [0, 0.1) is 11.3 Å². The number of carbonyl (C=O) groups excluding carboxylic acids is 1. The largest absolute Gasteiger partial charge is 0.508 e. The molecule has 0 radical (unpaired) electrons. The Bertz CT molecular complexity index is 1090. The summed E-state index contributed by atoms with van der Waals surface area (Å²) < 4.78 is 10.7. The third-order valence-electron chi connectivity index (χ3n) is 4.32. The fourth-order valence-electron chi connectivity index (χ4n) is 2.93. The zero-order chi connectivity index (χ0) is 21.1. The summed E-state index contributed by atoms with van der Waals surface area (Å²) in [5.74, 6) is -0.559. The minimum absolute atomic E-state index is 0.0303. The number of hydrogen-bond donors (Lipinski definition) is 3. The number of carbonyl (C=O) groups is 1. The molecule has 0 aliphatic rings. The second-order valence-electron chi connectivity index (χ2n) is 6.70. The molecule has 1 aromatic carbocycles. The molecule has 3 N–H and O–H groups in total. The van der Waals surface area contributed by atoms with Crippen LogP contribution >= 0.6 is 0 Å². The number of hydrogen-bond acceptors (Lipinski definition) is 8. The number of aromatic nitrogens is 2. The smallest absolute Gasteiger partial charge is 0.274 e. The number of nitrogens with zero attached hydrogens (tertiary/aromatic N) is 3. The molecule has 3 rings (SSSR count). The zero-order valence-corrected chi connectivity index (χ0v) is 16.2. The third-order valence-corrected chi connectivity index (χ3v) is 4.32. The molecule has 3 aromatic rings. The van der Waals surface area contributed by atoms with Crippen LogP contribution in [0.3, 0.4) is 0 Å². The highest BCUT2D eigenvalue weighted by molar-refractivity contribution is 6.01. The van der Waals surface area contributed by atoms with Gasteiger partial charge in [-0.15, -0.1) is 0 Å². The van der Waals surface area contributed by atoms with E-state index >= 15 is 0 Å². The summed E-state index contributed by atoms with van der Waals surface area (Å²) in [5.41, 5.74) is 1.36. The molecular weight excluding hydrogens is 376 g/mol. The van der Waals surface area contributed by atoms with Crippen molar-refractivity contribution in [3.05, 3.63) is 35.2 Å². The van der Waals surface area contributed by atoms with E-state index in [0.717, 1.165) is 0 Å². The van der Waals surface area contributed by atoms with Gasteiger partial charge in [-0.25, -0.2) is 0 Å². The molecule has 0 aliphatic heterocycles. The summed E-state index contributed by atoms with van der Waals surface area (Å²) in [5, 5.41) is 39.7. The van der Waals surface area contributed by atoms with Gasteiger partial charge < -0.3 is 24.6 Å². The minimum atomic E-state index is -0.488. The molecule has 0 bridgehead atoms. The molecular formula is C20H20N4O5. The van der Waals surface area contributed by atoms with Gasteiger partial charge in [0.05, 0.1) is 23.7 Å². The van der Waals surface area contributed by atoms with Crippen molar-refractivity contribution in [3.8, 4) is 40.2 Å². The lowest BCUT2D eigenvalue weighted by Gasteiger charge is -2.11. The molecule has 0 spiro atoms. The van der Waals surface area contributed by atoms with Gasteiger partial charge in [-0.3, -0.25) is 4.79 Å². The molecule has 0 fully saturated rings. The maximum Gasteiger partial charge on any atom is 0.274 e. The maximum atomic E-state index is 12.5. The topological polar surface area (TPSA) is 145 Å². The van der Waals surface area contributed by atoms with Crippen molar-refractivity contribution in [2.45, 2.75) is 33.1 Å². The van der Waals surface area contributed by atoms with Crippen molar-refractivity contribution >= 4 is 5.91 Å². The summed E-state index contributed by atoms with van der Waals surface area (Å²) in [6.07, 6.45) is 0.0303. The van der Waals surface area contributed by atoms with Crippen molar-refractivity contribution in [2.75, 3.05) is 6.54 Å². The summed E-state index contributed by atoms with van der Waals surface area (Å²) in [6.45, 7) is 5.92. The molecule has 2 heterocycles. The zero-order valence-electron chi connectivity index (χ0n) is 16.2. The number of phenolic OH excluding ortho intramolecular Hbond substituents is 2. The Morgan fingerprint density at radius 1 is 1.21 bits per heavy atom. The van der Waals surface area contributed by atoms with Crippen molar-refractivity contribution in [3.63, 3.8) is 0 Å². The first-order valence-electron chi connectivity index (χ1n) is 9.04. The van der Waals surface area contributed by atoms with Crippen LogP contribution in [0.1, 0.15) is 48.4 Å². The Labute approximate surface area is 166 Å². The molecule has 0 atom stereocenters. The summed E-state index contributed by atoms with van der Waals surface area (Å²) >= 11 is 0. The second kappa shape index (κ2) is 8.06. The molecule has 2 aromatic heterocycles. The fraction of sp³-hybridized carbons (Fsp3) is 0.300. The molecule has 0 unspecified atom stereocenters. The van der Waals surface area contributed by atoms with Crippen LogP contribution in [0.5, 0.6) is 11.5 Å². The Morgan fingerprint density at radius 3 is 2.62 bits per heavy atom. The molecule has 1 amide bonds. The summed E-state index contributed by atoms with van der Waals surface area (Å²) in [6, 6.07) is 6.28. The summed E-state index contributed by atoms with van der Waals surface area (Å²) in [7, 11) is 0. The van der Waals surface area contributed by atoms with Crippen molar-refractivity contribution in [1.82, 2.24) is 15.6 Å². The monoisotopic (exact) mass is 396 g/mol. The van der Waals surface area contributed by atoms with Crippen LogP contribution in [0.4, 0.5) is 0 Å². The van der Waals surface area contributed by atoms with E-state index in [9.17, 15) is 15.0 Å². The number of phenols is 2. The Balaban J connectivity index is 2.24. The number of nitriles is 1. The van der Waals surface area contributed by atoms with Crippen molar-refractivity contribution in [2.24, 2.45) is 0 Å². The van der Waals surface area contributed by atoms with E-state index in [-0.39, 0.29) is 52.2 Å². The quantitative estimate of drug-likeness (QED) is 0.575. The van der Waals surface area contributed by atoms with Gasteiger partial charge in [-0.2, -0.15) is 5.26 Å². The van der Waals surface area contributed by atoms with Gasteiger partial charge in [0.1, 0.15) is 17.1 Å². The van der Waals surface area contributed by atoms with E-state index in [2.05, 4.69) is 15.6 Å². The summed E-state index contributed by atoms with van der Waals surface area (Å²) in [4.78, 5) is 12.5. The first-order valence-corrected chi connectivity index (χ1v) is 9.04. The van der Waals surface area contributed by atoms with Crippen LogP contribution < -0.4 is 5.32 Å². The van der Waals surface area contributed by atoms with Crippen molar-refractivity contribution < 1.29 is 24.1 Å². The molecule has 150 valence electrons. The minimum Gasteiger partial charge on any atom is -0.508 e. The highest BCUT2D eigenvalue weighted by Gasteiger charge is 2.29. The van der Waals surface area contributed by atoms with Gasteiger partial charge in [0, 0.05) is 18.7 Å². The lowest BCUT2D eigenvalue weighted by molar-refractivity contribution is 0.0947. The van der Waals surface area contributed by atoms with E-state index in [4.69, 9.17) is 14.3 Å². The number of nitrogens with one attached hydrogen (secondary N) is 1. The van der Waals surface area contributed by atoms with Crippen LogP contribution in [-0.4, -0.2) is 33.0 Å². The number of aromatic hydroxyl groups is 2. The normalized spacial score (nSPS) is 10.9. The van der Waals surface area contributed by atoms with Gasteiger partial charge in [-0.05, 0) is 24.5 Å². The standard InChI is InChI=1S/C20H20N4O5/c1-4-22-20(27)18-17(16-7-11(5-6-21)23-28-16)19(29-24-18)13-8-12(10(2)3)14(25)9-15(13)26/h7-10,25-26H,4-5H2,1-3H3,(H,22,27). The highest BCUT2D eigenvalue weighted by Crippen LogP contribution is 2.43. The Morgan fingerprint density at radius 2 is 1.97 bits per heavy atom. The van der Waals surface area contributed by atoms with E-state index in [0.29, 0.717) is 17.8 Å². The van der Waals surface area contributed by atoms with Crippen LogP contribution in [0.15, 0.2) is 27.2 Å². The first kappa shape index (κ1) is 19.9. The molecule has 9 nitrogen and oxygen atoms in total. The van der Waals surface area contributed by atoms with E-state index in [1.165, 1.54) is 12.1 Å². The lowest BCUT2D eigenvalue weighted by Crippen LogP contribution is -2.23. The first-order chi connectivity index (χ1) is 13.9. The predicted octanol–water partition coefficient (Wildman–Crippen LogP) is 3.35. The van der Waals surface area contributed by atoms with E-state index < -0.39 is 5.91 Å². The van der Waals surface area contributed by atoms with Gasteiger partial charge in [-0.1, -0.05) is 24.2 Å². The third kappa shape index (κ3) is 3.78. The van der Waals surface area contributed by atoms with E-state index in [1.807, 2.05) is 19.9 Å². The van der Waals surface area contributed by atoms with Gasteiger partial charge >= 0.3 is 0 Å². The number of rotatable bonds is 6. The molecule has 0 saturated carbocycles. The number of benzene rings is 1. The molecule has 0 aliphatic carbocycles. The SMILES string of the molecule is CCNC(=O)c1noc(-c2cc(C(C)C)c(O)cc2O)c1-c1cc(CC#N)no1. The predicted molar refractivity (Wildman–Crippen MR) is 102 cm³/mol. The lowest BCUT2D eigenvalue weighted by atomic mass is 9.95. The van der Waals surface area contributed by atoms with Crippen LogP contribution in [-0.2, 0) is 6.42 Å². The average Bonchev–Trinajstić information content (AvgIpc) is 3.28. The average molecular weight is 396 g/mol. The molecule has 9 heteroatoms. The van der Waals surface area contributed by atoms with E-state index in [1.54, 1.807) is 13.0 Å². The Kier molecular flexibility index (Phi) is 5.54. The Hall–Kier alpha value is -3.80. The number of amides is 1. The van der Waals surface area contributed by atoms with Gasteiger partial charge in [0.25, 0.3) is 5.91 Å². The van der Waals surface area contributed by atoms with Gasteiger partial charge in [0.2, 0.25) is 0 Å².